The van der Waals surface area contributed by atoms with Crippen LogP contribution in [0.5, 0.6) is 0 Å². The van der Waals surface area contributed by atoms with Gasteiger partial charge in [-0.3, -0.25) is 14.2 Å². The van der Waals surface area contributed by atoms with E-state index in [-0.39, 0.29) is 31.8 Å². The van der Waals surface area contributed by atoms with Gasteiger partial charge in [-0.15, -0.1) is 11.3 Å². The third-order valence-electron chi connectivity index (χ3n) is 5.39. The van der Waals surface area contributed by atoms with Gasteiger partial charge in [-0.2, -0.15) is 10.2 Å². The van der Waals surface area contributed by atoms with Crippen LogP contribution >= 0.6 is 11.3 Å². The first kappa shape index (κ1) is 19.7. The maximum Gasteiger partial charge on any atom is 0.264 e. The number of fused-ring (bicyclic) bond motifs is 1. The number of thiophene rings is 1. The van der Waals surface area contributed by atoms with Crippen LogP contribution in [-0.4, -0.2) is 59.3 Å². The van der Waals surface area contributed by atoms with Crippen LogP contribution in [-0.2, 0) is 14.1 Å². The number of carbonyl (C=O) groups excluding carboxylic acids is 1. The van der Waals surface area contributed by atoms with Gasteiger partial charge in [0.05, 0.1) is 10.6 Å². The van der Waals surface area contributed by atoms with Crippen molar-refractivity contribution in [2.75, 3.05) is 13.1 Å². The molecule has 1 aliphatic heterocycles. The fourth-order valence-corrected chi connectivity index (χ4v) is 4.67. The van der Waals surface area contributed by atoms with Gasteiger partial charge in [0.2, 0.25) is 0 Å². The molecule has 31 heavy (non-hydrogen) atoms. The Labute approximate surface area is 180 Å². The lowest BCUT2D eigenvalue weighted by Gasteiger charge is -2.31. The van der Waals surface area contributed by atoms with E-state index in [2.05, 4.69) is 15.2 Å². The van der Waals surface area contributed by atoms with Crippen molar-refractivity contribution in [1.29, 1.82) is 0 Å². The number of rotatable bonds is 3. The average molecular weight is 443 g/mol. The summed E-state index contributed by atoms with van der Waals surface area (Å²) in [6, 6.07) is 5.41. The molecule has 1 aliphatic rings. The number of aryl methyl sites for hydroxylation is 2. The maximum absolute atomic E-state index is 13.5. The molecule has 0 bridgehead atoms. The van der Waals surface area contributed by atoms with Gasteiger partial charge in [0.25, 0.3) is 11.8 Å². The van der Waals surface area contributed by atoms with E-state index in [4.69, 9.17) is 4.98 Å². The van der Waals surface area contributed by atoms with Crippen LogP contribution in [0.25, 0.3) is 33.1 Å². The van der Waals surface area contributed by atoms with E-state index < -0.39 is 5.92 Å². The molecule has 160 valence electrons. The molecule has 0 unspecified atom stereocenters. The summed E-state index contributed by atoms with van der Waals surface area (Å²) < 4.78 is 30.4. The molecule has 5 heterocycles. The molecule has 0 aliphatic carbocycles. The topological polar surface area (TPSA) is 81.7 Å². The second-order valence-corrected chi connectivity index (χ2v) is 8.62. The van der Waals surface area contributed by atoms with Gasteiger partial charge in [0.15, 0.2) is 5.82 Å². The lowest BCUT2D eigenvalue weighted by molar-refractivity contribution is -0.0493. The number of piperidine rings is 1. The molecule has 1 saturated heterocycles. The van der Waals surface area contributed by atoms with Crippen LogP contribution in [0.4, 0.5) is 8.78 Å². The van der Waals surface area contributed by atoms with Gasteiger partial charge in [-0.05, 0) is 18.2 Å². The summed E-state index contributed by atoms with van der Waals surface area (Å²) in [5.41, 5.74) is 2.04. The molecule has 8 nitrogen and oxygen atoms in total. The second-order valence-electron chi connectivity index (χ2n) is 7.59. The van der Waals surface area contributed by atoms with Crippen LogP contribution in [0.2, 0.25) is 0 Å². The third kappa shape index (κ3) is 3.58. The summed E-state index contributed by atoms with van der Waals surface area (Å²) in [5.74, 6) is -2.51. The molecule has 5 rings (SSSR count). The highest BCUT2D eigenvalue weighted by atomic mass is 32.1. The number of carbonyl (C=O) groups is 1. The van der Waals surface area contributed by atoms with Crippen molar-refractivity contribution >= 4 is 27.5 Å². The van der Waals surface area contributed by atoms with Crippen molar-refractivity contribution < 1.29 is 13.6 Å². The Kier molecular flexibility index (Phi) is 4.58. The van der Waals surface area contributed by atoms with Gasteiger partial charge in [-0.25, -0.2) is 18.7 Å². The number of hydrogen-bond acceptors (Lipinski definition) is 6. The first-order chi connectivity index (χ1) is 14.8. The molecule has 0 spiro atoms. The molecule has 4 aromatic heterocycles. The predicted molar refractivity (Wildman–Crippen MR) is 112 cm³/mol. The van der Waals surface area contributed by atoms with Crippen LogP contribution < -0.4 is 0 Å². The minimum atomic E-state index is -2.70. The SMILES string of the molecule is Cn1ccc(-c2nc(-c3ccnn3C)c3cc(C(=O)N4CCC(F)(F)CC4)sc3n2)n1. The highest BCUT2D eigenvalue weighted by Crippen LogP contribution is 2.35. The van der Waals surface area contributed by atoms with Crippen molar-refractivity contribution in [3.63, 3.8) is 0 Å². The van der Waals surface area contributed by atoms with Crippen molar-refractivity contribution in [2.24, 2.45) is 14.1 Å². The third-order valence-corrected chi connectivity index (χ3v) is 6.41. The molecule has 1 amide bonds. The van der Waals surface area contributed by atoms with Crippen LogP contribution in [0.1, 0.15) is 22.5 Å². The Morgan fingerprint density at radius 1 is 1.16 bits per heavy atom. The van der Waals surface area contributed by atoms with Gasteiger partial charge >= 0.3 is 0 Å². The minimum Gasteiger partial charge on any atom is -0.338 e. The van der Waals surface area contributed by atoms with E-state index in [1.165, 1.54) is 16.2 Å². The lowest BCUT2D eigenvalue weighted by atomic mass is 10.1. The Morgan fingerprint density at radius 3 is 2.58 bits per heavy atom. The maximum atomic E-state index is 13.5. The fourth-order valence-electron chi connectivity index (χ4n) is 3.67. The van der Waals surface area contributed by atoms with Crippen molar-refractivity contribution in [1.82, 2.24) is 34.4 Å². The van der Waals surface area contributed by atoms with E-state index in [9.17, 15) is 13.6 Å². The molecule has 0 atom stereocenters. The summed E-state index contributed by atoms with van der Waals surface area (Å²) in [6.45, 7) is 0.0824. The van der Waals surface area contributed by atoms with Gasteiger partial charge in [-0.1, -0.05) is 0 Å². The zero-order valence-electron chi connectivity index (χ0n) is 16.9. The number of nitrogens with zero attached hydrogens (tertiary/aromatic N) is 7. The summed E-state index contributed by atoms with van der Waals surface area (Å²) >= 11 is 1.24. The quantitative estimate of drug-likeness (QED) is 0.485. The Balaban J connectivity index is 1.60. The highest BCUT2D eigenvalue weighted by molar-refractivity contribution is 7.20. The monoisotopic (exact) mass is 443 g/mol. The Bertz CT molecular complexity index is 1280. The molecule has 0 radical (unpaired) electrons. The molecule has 11 heteroatoms. The van der Waals surface area contributed by atoms with E-state index in [1.54, 1.807) is 21.6 Å². The zero-order valence-corrected chi connectivity index (χ0v) is 17.7. The Morgan fingerprint density at radius 2 is 1.94 bits per heavy atom. The smallest absolute Gasteiger partial charge is 0.264 e. The van der Waals surface area contributed by atoms with Crippen molar-refractivity contribution in [3.8, 4) is 22.9 Å². The summed E-state index contributed by atoms with van der Waals surface area (Å²) in [7, 11) is 3.63. The second kappa shape index (κ2) is 7.19. The molecular formula is C20H19F2N7OS. The normalized spacial score (nSPS) is 16.2. The number of aromatic nitrogens is 6. The highest BCUT2D eigenvalue weighted by Gasteiger charge is 2.36. The summed E-state index contributed by atoms with van der Waals surface area (Å²) in [6.07, 6.45) is 2.86. The predicted octanol–water partition coefficient (Wildman–Crippen LogP) is 3.36. The number of likely N-dealkylation sites (tertiary alicyclic amines) is 1. The summed E-state index contributed by atoms with van der Waals surface area (Å²) in [4.78, 5) is 25.0. The van der Waals surface area contributed by atoms with E-state index in [0.29, 0.717) is 26.9 Å². The number of halogens is 2. The molecule has 0 aromatic carbocycles. The molecule has 1 fully saturated rings. The van der Waals surface area contributed by atoms with Gasteiger partial charge in [0.1, 0.15) is 16.2 Å². The molecule has 0 saturated carbocycles. The van der Waals surface area contributed by atoms with Crippen LogP contribution in [0.3, 0.4) is 0 Å². The van der Waals surface area contributed by atoms with Crippen LogP contribution in [0.15, 0.2) is 30.6 Å². The fraction of sp³-hybridized carbons (Fsp3) is 0.350. The standard InChI is InChI=1S/C20H19F2N7OS/c1-27-8-4-13(26-27)17-24-16(14-3-7-23-28(14)2)12-11-15(31-18(12)25-17)19(30)29-9-5-20(21,22)6-10-29/h3-4,7-8,11H,5-6,9-10H2,1-2H3. The molecule has 0 N–H and O–H groups in total. The van der Waals surface area contributed by atoms with E-state index in [0.717, 1.165) is 11.1 Å². The van der Waals surface area contributed by atoms with E-state index in [1.807, 2.05) is 32.4 Å². The van der Waals surface area contributed by atoms with Crippen LogP contribution in [0, 0.1) is 0 Å². The number of amides is 1. The van der Waals surface area contributed by atoms with Crippen molar-refractivity contribution in [2.45, 2.75) is 18.8 Å². The van der Waals surface area contributed by atoms with Gasteiger partial charge < -0.3 is 4.90 Å². The minimum absolute atomic E-state index is 0.0412. The largest absolute Gasteiger partial charge is 0.338 e. The lowest BCUT2D eigenvalue weighted by Crippen LogP contribution is -2.42. The average Bonchev–Trinajstić information content (AvgIpc) is 3.46. The Hall–Kier alpha value is -3.21. The summed E-state index contributed by atoms with van der Waals surface area (Å²) in [5, 5.41) is 9.34. The van der Waals surface area contributed by atoms with Gasteiger partial charge in [0, 0.05) is 57.8 Å². The first-order valence-electron chi connectivity index (χ1n) is 9.78. The molecule has 4 aromatic rings. The number of alkyl halides is 2. The van der Waals surface area contributed by atoms with E-state index >= 15 is 0 Å². The zero-order chi connectivity index (χ0) is 21.8. The molecular weight excluding hydrogens is 424 g/mol. The number of hydrogen-bond donors (Lipinski definition) is 0. The first-order valence-corrected chi connectivity index (χ1v) is 10.6. The van der Waals surface area contributed by atoms with Crippen molar-refractivity contribution in [3.05, 3.63) is 35.5 Å².